The van der Waals surface area contributed by atoms with Crippen molar-refractivity contribution in [2.45, 2.75) is 11.2 Å². The number of ether oxygens (including phenoxy) is 1. The molecular weight excluding hydrogens is 382 g/mol. The highest BCUT2D eigenvalue weighted by atomic mass is 79.9. The van der Waals surface area contributed by atoms with Crippen molar-refractivity contribution in [1.29, 1.82) is 0 Å². The van der Waals surface area contributed by atoms with Gasteiger partial charge in [-0.25, -0.2) is 0 Å². The SMILES string of the molecule is Clc1cc(Cl)cc(C(Br)c2cc(Cl)cc3c2OCC3)c1. The van der Waals surface area contributed by atoms with Gasteiger partial charge in [0.1, 0.15) is 5.75 Å². The summed E-state index contributed by atoms with van der Waals surface area (Å²) in [6, 6.07) is 9.35. The molecule has 5 heteroatoms. The smallest absolute Gasteiger partial charge is 0.127 e. The Bertz CT molecular complexity index is 652. The Balaban J connectivity index is 2.08. The lowest BCUT2D eigenvalue weighted by molar-refractivity contribution is 0.354. The second-order valence-corrected chi connectivity index (χ2v) is 6.87. The molecule has 0 amide bonds. The lowest BCUT2D eigenvalue weighted by Gasteiger charge is -2.16. The van der Waals surface area contributed by atoms with E-state index in [0.29, 0.717) is 21.7 Å². The van der Waals surface area contributed by atoms with Crippen molar-refractivity contribution >= 4 is 50.7 Å². The first-order valence-electron chi connectivity index (χ1n) is 6.10. The molecule has 0 saturated carbocycles. The van der Waals surface area contributed by atoms with Gasteiger partial charge in [0.2, 0.25) is 0 Å². The maximum absolute atomic E-state index is 6.19. The lowest BCUT2D eigenvalue weighted by Crippen LogP contribution is -1.97. The van der Waals surface area contributed by atoms with E-state index in [1.165, 1.54) is 0 Å². The number of alkyl halides is 1. The number of benzene rings is 2. The first-order valence-corrected chi connectivity index (χ1v) is 8.15. The molecule has 2 aromatic rings. The zero-order valence-corrected chi connectivity index (χ0v) is 14.2. The van der Waals surface area contributed by atoms with Crippen LogP contribution in [0.1, 0.15) is 21.5 Å². The minimum atomic E-state index is -0.0655. The number of halogens is 4. The van der Waals surface area contributed by atoms with Gasteiger partial charge in [0, 0.05) is 27.1 Å². The van der Waals surface area contributed by atoms with Crippen molar-refractivity contribution < 1.29 is 4.74 Å². The summed E-state index contributed by atoms with van der Waals surface area (Å²) in [5.41, 5.74) is 3.12. The monoisotopic (exact) mass is 390 g/mol. The normalized spacial score (nSPS) is 14.8. The summed E-state index contributed by atoms with van der Waals surface area (Å²) in [6.07, 6.45) is 0.888. The van der Waals surface area contributed by atoms with Crippen molar-refractivity contribution in [1.82, 2.24) is 0 Å². The number of hydrogen-bond acceptors (Lipinski definition) is 1. The first kappa shape index (κ1) is 14.5. The second kappa shape index (κ2) is 5.76. The Kier molecular flexibility index (Phi) is 4.19. The zero-order chi connectivity index (χ0) is 14.3. The van der Waals surface area contributed by atoms with Gasteiger partial charge in [0.25, 0.3) is 0 Å². The Labute approximate surface area is 140 Å². The van der Waals surface area contributed by atoms with Crippen molar-refractivity contribution in [2.75, 3.05) is 6.61 Å². The van der Waals surface area contributed by atoms with Gasteiger partial charge in [-0.3, -0.25) is 0 Å². The molecule has 1 nitrogen and oxygen atoms in total. The Hall–Kier alpha value is -0.410. The quantitative estimate of drug-likeness (QED) is 0.564. The van der Waals surface area contributed by atoms with Crippen LogP contribution in [0.2, 0.25) is 15.1 Å². The molecule has 0 radical (unpaired) electrons. The molecule has 2 aromatic carbocycles. The van der Waals surface area contributed by atoms with Crippen LogP contribution >= 0.6 is 50.7 Å². The van der Waals surface area contributed by atoms with Gasteiger partial charge < -0.3 is 4.74 Å². The van der Waals surface area contributed by atoms with E-state index in [4.69, 9.17) is 39.5 Å². The first-order chi connectivity index (χ1) is 9.54. The van der Waals surface area contributed by atoms with E-state index in [-0.39, 0.29) is 4.83 Å². The summed E-state index contributed by atoms with van der Waals surface area (Å²) < 4.78 is 5.73. The van der Waals surface area contributed by atoms with Crippen LogP contribution in [0.5, 0.6) is 5.75 Å². The standard InChI is InChI=1S/C15H10BrCl3O/c16-14(9-4-10(17)6-11(18)5-9)13-7-12(19)3-8-1-2-20-15(8)13/h3-7,14H,1-2H2. The molecule has 0 aromatic heterocycles. The fourth-order valence-electron chi connectivity index (χ4n) is 2.39. The molecule has 20 heavy (non-hydrogen) atoms. The fraction of sp³-hybridized carbons (Fsp3) is 0.200. The van der Waals surface area contributed by atoms with Gasteiger partial charge in [-0.05, 0) is 41.5 Å². The maximum atomic E-state index is 6.19. The zero-order valence-electron chi connectivity index (χ0n) is 10.3. The molecule has 1 atom stereocenters. The van der Waals surface area contributed by atoms with E-state index < -0.39 is 0 Å². The number of fused-ring (bicyclic) bond motifs is 1. The molecule has 0 spiro atoms. The average Bonchev–Trinajstić information content (AvgIpc) is 2.83. The molecule has 1 heterocycles. The Morgan fingerprint density at radius 1 is 0.950 bits per heavy atom. The van der Waals surface area contributed by atoms with Gasteiger partial charge in [-0.2, -0.15) is 0 Å². The molecule has 1 aliphatic heterocycles. The molecule has 1 aliphatic rings. The molecule has 0 saturated heterocycles. The van der Waals surface area contributed by atoms with Crippen molar-refractivity contribution in [3.05, 3.63) is 62.1 Å². The molecule has 104 valence electrons. The van der Waals surface area contributed by atoms with E-state index in [1.54, 1.807) is 6.07 Å². The third-order valence-corrected chi connectivity index (χ3v) is 4.90. The van der Waals surface area contributed by atoms with E-state index in [9.17, 15) is 0 Å². The Morgan fingerprint density at radius 2 is 1.60 bits per heavy atom. The van der Waals surface area contributed by atoms with Crippen LogP contribution in [0.25, 0.3) is 0 Å². The average molecular weight is 393 g/mol. The summed E-state index contributed by atoms with van der Waals surface area (Å²) in [5, 5.41) is 1.93. The molecular formula is C15H10BrCl3O. The number of hydrogen-bond donors (Lipinski definition) is 0. The Morgan fingerprint density at radius 3 is 2.30 bits per heavy atom. The minimum absolute atomic E-state index is 0.0655. The van der Waals surface area contributed by atoms with E-state index in [1.807, 2.05) is 24.3 Å². The largest absolute Gasteiger partial charge is 0.493 e. The van der Waals surface area contributed by atoms with Crippen LogP contribution in [0.15, 0.2) is 30.3 Å². The van der Waals surface area contributed by atoms with Gasteiger partial charge in [0.05, 0.1) is 11.4 Å². The molecule has 0 fully saturated rings. The molecule has 0 N–H and O–H groups in total. The third-order valence-electron chi connectivity index (χ3n) is 3.23. The highest BCUT2D eigenvalue weighted by molar-refractivity contribution is 9.09. The highest BCUT2D eigenvalue weighted by Crippen LogP contribution is 2.43. The summed E-state index contributed by atoms with van der Waals surface area (Å²) in [7, 11) is 0. The maximum Gasteiger partial charge on any atom is 0.127 e. The van der Waals surface area contributed by atoms with E-state index in [0.717, 1.165) is 28.9 Å². The molecule has 1 unspecified atom stereocenters. The van der Waals surface area contributed by atoms with Crippen LogP contribution in [0, 0.1) is 0 Å². The summed E-state index contributed by atoms with van der Waals surface area (Å²) in [4.78, 5) is -0.0655. The van der Waals surface area contributed by atoms with Crippen LogP contribution in [0.4, 0.5) is 0 Å². The van der Waals surface area contributed by atoms with Crippen LogP contribution in [-0.2, 0) is 6.42 Å². The van der Waals surface area contributed by atoms with E-state index >= 15 is 0 Å². The van der Waals surface area contributed by atoms with Gasteiger partial charge in [0.15, 0.2) is 0 Å². The predicted molar refractivity (Wildman–Crippen MR) is 87.9 cm³/mol. The predicted octanol–water partition coefficient (Wildman–Crippen LogP) is 6.07. The van der Waals surface area contributed by atoms with Gasteiger partial charge in [-0.1, -0.05) is 50.7 Å². The lowest BCUT2D eigenvalue weighted by atomic mass is 10.0. The van der Waals surface area contributed by atoms with Crippen LogP contribution < -0.4 is 4.74 Å². The second-order valence-electron chi connectivity index (χ2n) is 4.65. The van der Waals surface area contributed by atoms with Crippen LogP contribution in [0.3, 0.4) is 0 Å². The molecule has 0 bridgehead atoms. The molecule has 3 rings (SSSR count). The topological polar surface area (TPSA) is 9.23 Å². The van der Waals surface area contributed by atoms with Crippen molar-refractivity contribution in [3.63, 3.8) is 0 Å². The van der Waals surface area contributed by atoms with E-state index in [2.05, 4.69) is 15.9 Å². The summed E-state index contributed by atoms with van der Waals surface area (Å²) >= 11 is 22.0. The van der Waals surface area contributed by atoms with Crippen molar-refractivity contribution in [3.8, 4) is 5.75 Å². The fourth-order valence-corrected chi connectivity index (χ4v) is 3.78. The molecule has 0 aliphatic carbocycles. The summed E-state index contributed by atoms with van der Waals surface area (Å²) in [5.74, 6) is 0.910. The van der Waals surface area contributed by atoms with Crippen LogP contribution in [-0.4, -0.2) is 6.61 Å². The number of rotatable bonds is 2. The minimum Gasteiger partial charge on any atom is -0.493 e. The third kappa shape index (κ3) is 2.80. The highest BCUT2D eigenvalue weighted by Gasteiger charge is 2.23. The van der Waals surface area contributed by atoms with Gasteiger partial charge >= 0.3 is 0 Å². The van der Waals surface area contributed by atoms with Crippen molar-refractivity contribution in [2.24, 2.45) is 0 Å². The summed E-state index contributed by atoms with van der Waals surface area (Å²) in [6.45, 7) is 0.693. The van der Waals surface area contributed by atoms with Gasteiger partial charge in [-0.15, -0.1) is 0 Å².